The quantitative estimate of drug-likeness (QED) is 0.586. The number of carbonyl (C=O) groups excluding carboxylic acids is 1. The van der Waals surface area contributed by atoms with Gasteiger partial charge in [-0.3, -0.25) is 4.79 Å². The molecule has 0 spiro atoms. The number of hydrogen-bond donors (Lipinski definition) is 0. The molecular formula is C23H17FO4. The van der Waals surface area contributed by atoms with Gasteiger partial charge in [-0.25, -0.2) is 4.39 Å². The van der Waals surface area contributed by atoms with Crippen LogP contribution in [0.3, 0.4) is 0 Å². The summed E-state index contributed by atoms with van der Waals surface area (Å²) in [4.78, 5) is 12.6. The maximum Gasteiger partial charge on any atom is 0.231 e. The second-order valence-electron chi connectivity index (χ2n) is 6.29. The van der Waals surface area contributed by atoms with Gasteiger partial charge in [0.25, 0.3) is 0 Å². The average molecular weight is 376 g/mol. The Balaban J connectivity index is 1.51. The van der Waals surface area contributed by atoms with Gasteiger partial charge in [0.2, 0.25) is 5.78 Å². The van der Waals surface area contributed by atoms with E-state index in [0.29, 0.717) is 22.8 Å². The molecule has 0 radical (unpaired) electrons. The summed E-state index contributed by atoms with van der Waals surface area (Å²) in [7, 11) is 1.59. The Labute approximate surface area is 161 Å². The molecule has 1 aliphatic heterocycles. The maximum atomic E-state index is 13.3. The van der Waals surface area contributed by atoms with Gasteiger partial charge in [0.15, 0.2) is 5.76 Å². The molecule has 0 saturated heterocycles. The minimum atomic E-state index is -0.309. The molecule has 4 nitrogen and oxygen atoms in total. The van der Waals surface area contributed by atoms with Gasteiger partial charge in [-0.2, -0.15) is 0 Å². The number of rotatable bonds is 5. The molecule has 0 unspecified atom stereocenters. The summed E-state index contributed by atoms with van der Waals surface area (Å²) in [6, 6.07) is 18.6. The summed E-state index contributed by atoms with van der Waals surface area (Å²) in [6.45, 7) is 0.219. The lowest BCUT2D eigenvalue weighted by Gasteiger charge is -2.07. The van der Waals surface area contributed by atoms with Crippen LogP contribution in [0.4, 0.5) is 4.39 Å². The summed E-state index contributed by atoms with van der Waals surface area (Å²) in [5.74, 6) is 1.43. The Hall–Kier alpha value is -3.60. The zero-order valence-corrected chi connectivity index (χ0v) is 15.1. The Kier molecular flexibility index (Phi) is 4.81. The molecule has 4 rings (SSSR count). The number of methoxy groups -OCH3 is 1. The smallest absolute Gasteiger partial charge is 0.231 e. The number of carbonyl (C=O) groups is 1. The number of Topliss-reactive ketones (excluding diaryl/α,β-unsaturated/α-hetero) is 1. The number of fused-ring (bicyclic) bond motifs is 1. The number of hydrogen-bond acceptors (Lipinski definition) is 4. The third kappa shape index (κ3) is 3.74. The van der Waals surface area contributed by atoms with Crippen molar-refractivity contribution in [2.45, 2.75) is 6.61 Å². The van der Waals surface area contributed by atoms with E-state index < -0.39 is 0 Å². The van der Waals surface area contributed by atoms with Crippen LogP contribution in [-0.4, -0.2) is 12.9 Å². The van der Waals surface area contributed by atoms with E-state index in [1.807, 2.05) is 24.3 Å². The van der Waals surface area contributed by atoms with E-state index in [1.54, 1.807) is 43.5 Å². The van der Waals surface area contributed by atoms with Crippen molar-refractivity contribution in [1.82, 2.24) is 0 Å². The van der Waals surface area contributed by atoms with Crippen LogP contribution in [0, 0.1) is 5.82 Å². The largest absolute Gasteiger partial charge is 0.497 e. The molecule has 0 aromatic heterocycles. The summed E-state index contributed by atoms with van der Waals surface area (Å²) in [5.41, 5.74) is 2.00. The highest BCUT2D eigenvalue weighted by molar-refractivity contribution is 6.14. The van der Waals surface area contributed by atoms with Crippen molar-refractivity contribution in [2.24, 2.45) is 0 Å². The predicted molar refractivity (Wildman–Crippen MR) is 103 cm³/mol. The van der Waals surface area contributed by atoms with E-state index in [2.05, 4.69) is 0 Å². The van der Waals surface area contributed by atoms with Gasteiger partial charge in [-0.05, 0) is 53.6 Å². The Morgan fingerprint density at radius 2 is 1.86 bits per heavy atom. The van der Waals surface area contributed by atoms with E-state index in [1.165, 1.54) is 12.1 Å². The Morgan fingerprint density at radius 1 is 1.00 bits per heavy atom. The SMILES string of the molecule is COc1cccc(/C=C2\Oc3cc(OCc4cccc(F)c4)ccc3C2=O)c1. The predicted octanol–water partition coefficient (Wildman–Crippen LogP) is 5.03. The summed E-state index contributed by atoms with van der Waals surface area (Å²) >= 11 is 0. The maximum absolute atomic E-state index is 13.3. The average Bonchev–Trinajstić information content (AvgIpc) is 3.01. The fourth-order valence-electron chi connectivity index (χ4n) is 2.93. The number of ether oxygens (including phenoxy) is 3. The van der Waals surface area contributed by atoms with Crippen LogP contribution in [0.2, 0.25) is 0 Å². The van der Waals surface area contributed by atoms with Gasteiger partial charge in [0, 0.05) is 6.07 Å². The van der Waals surface area contributed by atoms with Crippen LogP contribution in [0.15, 0.2) is 72.5 Å². The standard InChI is InChI=1S/C23H17FO4/c1-26-18-7-3-4-15(11-18)12-22-23(25)20-9-8-19(13-21(20)28-22)27-14-16-5-2-6-17(24)10-16/h2-13H,14H2,1H3/b22-12-. The van der Waals surface area contributed by atoms with Crippen molar-refractivity contribution in [3.8, 4) is 17.2 Å². The first-order valence-electron chi connectivity index (χ1n) is 8.72. The lowest BCUT2D eigenvalue weighted by molar-refractivity contribution is 0.101. The third-order valence-corrected chi connectivity index (χ3v) is 4.33. The normalized spacial score (nSPS) is 13.9. The van der Waals surface area contributed by atoms with Crippen molar-refractivity contribution < 1.29 is 23.4 Å². The molecule has 0 N–H and O–H groups in total. The molecule has 1 heterocycles. The van der Waals surface area contributed by atoms with Crippen molar-refractivity contribution in [3.63, 3.8) is 0 Å². The molecule has 1 aliphatic rings. The van der Waals surface area contributed by atoms with Crippen LogP contribution in [-0.2, 0) is 6.61 Å². The molecule has 0 aliphatic carbocycles. The monoisotopic (exact) mass is 376 g/mol. The van der Waals surface area contributed by atoms with Crippen LogP contribution in [0.25, 0.3) is 6.08 Å². The minimum Gasteiger partial charge on any atom is -0.497 e. The summed E-state index contributed by atoms with van der Waals surface area (Å²) in [5, 5.41) is 0. The number of halogens is 1. The first-order valence-corrected chi connectivity index (χ1v) is 8.72. The molecule has 3 aromatic carbocycles. The van der Waals surface area contributed by atoms with Gasteiger partial charge in [-0.1, -0.05) is 24.3 Å². The fraction of sp³-hybridized carbons (Fsp3) is 0.0870. The minimum absolute atomic E-state index is 0.186. The molecular weight excluding hydrogens is 359 g/mol. The molecule has 140 valence electrons. The summed E-state index contributed by atoms with van der Waals surface area (Å²) < 4.78 is 29.9. The molecule has 0 saturated carbocycles. The molecule has 5 heteroatoms. The zero-order valence-electron chi connectivity index (χ0n) is 15.1. The highest BCUT2D eigenvalue weighted by Gasteiger charge is 2.27. The van der Waals surface area contributed by atoms with Crippen LogP contribution in [0.1, 0.15) is 21.5 Å². The van der Waals surface area contributed by atoms with Gasteiger partial charge in [0.1, 0.15) is 29.7 Å². The van der Waals surface area contributed by atoms with Crippen molar-refractivity contribution in [2.75, 3.05) is 7.11 Å². The molecule has 3 aromatic rings. The van der Waals surface area contributed by atoms with E-state index in [9.17, 15) is 9.18 Å². The van der Waals surface area contributed by atoms with Crippen LogP contribution >= 0.6 is 0 Å². The molecule has 0 bridgehead atoms. The lowest BCUT2D eigenvalue weighted by atomic mass is 10.1. The Bertz CT molecular complexity index is 1070. The summed E-state index contributed by atoms with van der Waals surface area (Å²) in [6.07, 6.45) is 1.68. The second-order valence-corrected chi connectivity index (χ2v) is 6.29. The molecule has 0 fully saturated rings. The first-order chi connectivity index (χ1) is 13.6. The molecule has 0 atom stereocenters. The highest BCUT2D eigenvalue weighted by Crippen LogP contribution is 2.35. The number of allylic oxidation sites excluding steroid dienone is 1. The second kappa shape index (κ2) is 7.56. The van der Waals surface area contributed by atoms with Crippen LogP contribution in [0.5, 0.6) is 17.2 Å². The third-order valence-electron chi connectivity index (χ3n) is 4.33. The van der Waals surface area contributed by atoms with Gasteiger partial charge in [-0.15, -0.1) is 0 Å². The Morgan fingerprint density at radius 3 is 2.68 bits per heavy atom. The van der Waals surface area contributed by atoms with Gasteiger partial charge < -0.3 is 14.2 Å². The van der Waals surface area contributed by atoms with Crippen LogP contribution < -0.4 is 14.2 Å². The van der Waals surface area contributed by atoms with Gasteiger partial charge >= 0.3 is 0 Å². The van der Waals surface area contributed by atoms with Crippen molar-refractivity contribution in [3.05, 3.63) is 95.0 Å². The molecule has 28 heavy (non-hydrogen) atoms. The highest BCUT2D eigenvalue weighted by atomic mass is 19.1. The van der Waals surface area contributed by atoms with E-state index in [-0.39, 0.29) is 24.0 Å². The van der Waals surface area contributed by atoms with E-state index >= 15 is 0 Å². The number of benzene rings is 3. The first kappa shape index (κ1) is 17.8. The topological polar surface area (TPSA) is 44.8 Å². The van der Waals surface area contributed by atoms with E-state index in [4.69, 9.17) is 14.2 Å². The molecule has 0 amide bonds. The van der Waals surface area contributed by atoms with Crippen molar-refractivity contribution >= 4 is 11.9 Å². The van der Waals surface area contributed by atoms with E-state index in [0.717, 1.165) is 11.1 Å². The van der Waals surface area contributed by atoms with Gasteiger partial charge in [0.05, 0.1) is 12.7 Å². The van der Waals surface area contributed by atoms with Crippen molar-refractivity contribution in [1.29, 1.82) is 0 Å². The zero-order chi connectivity index (χ0) is 19.5. The fourth-order valence-corrected chi connectivity index (χ4v) is 2.93. The lowest BCUT2D eigenvalue weighted by Crippen LogP contribution is -1.98. The number of ketones is 1.